The van der Waals surface area contributed by atoms with E-state index < -0.39 is 6.04 Å². The van der Waals surface area contributed by atoms with Crippen molar-refractivity contribution >= 4 is 22.6 Å². The molecular formula is C29H41N5O2. The quantitative estimate of drug-likeness (QED) is 0.274. The molecule has 0 saturated heterocycles. The zero-order valence-electron chi connectivity index (χ0n) is 22.3. The SMILES string of the molecule is CC(C)c1cccc(C(C)C)c1NC(=O)N(CCCCCCN)C(C)c1nc2ccccc2c(=O)[nH]1. The molecule has 0 fully saturated rings. The molecule has 36 heavy (non-hydrogen) atoms. The fraction of sp³-hybridized carbons (Fsp3) is 0.483. The summed E-state index contributed by atoms with van der Waals surface area (Å²) in [6, 6.07) is 12.9. The van der Waals surface area contributed by atoms with Crippen LogP contribution in [-0.4, -0.2) is 34.0 Å². The standard InChI is InChI=1S/C29H41N5O2/c1-19(2)22-14-12-15-23(20(3)4)26(22)32-29(36)34(18-11-7-6-10-17-30)21(5)27-31-25-16-9-8-13-24(25)28(35)33-27/h8-9,12-16,19-21H,6-7,10-11,17-18,30H2,1-5H3,(H,32,36)(H,31,33,35). The Kier molecular flexibility index (Phi) is 9.65. The molecule has 2 amide bonds. The minimum atomic E-state index is -0.412. The highest BCUT2D eigenvalue weighted by Crippen LogP contribution is 2.33. The average Bonchev–Trinajstić information content (AvgIpc) is 2.85. The van der Waals surface area contributed by atoms with Gasteiger partial charge in [-0.15, -0.1) is 0 Å². The van der Waals surface area contributed by atoms with E-state index in [1.54, 1.807) is 11.0 Å². The number of H-pyrrole nitrogens is 1. The number of anilines is 1. The third kappa shape index (κ3) is 6.52. The van der Waals surface area contributed by atoms with Gasteiger partial charge in [0.1, 0.15) is 5.82 Å². The maximum atomic E-state index is 13.8. The molecule has 4 N–H and O–H groups in total. The van der Waals surface area contributed by atoms with Gasteiger partial charge in [-0.2, -0.15) is 0 Å². The lowest BCUT2D eigenvalue weighted by Crippen LogP contribution is -2.39. The van der Waals surface area contributed by atoms with Crippen LogP contribution in [0.25, 0.3) is 10.9 Å². The van der Waals surface area contributed by atoms with Gasteiger partial charge >= 0.3 is 6.03 Å². The molecule has 0 radical (unpaired) electrons. The summed E-state index contributed by atoms with van der Waals surface area (Å²) in [6.45, 7) is 11.7. The van der Waals surface area contributed by atoms with Crippen molar-refractivity contribution in [3.8, 4) is 0 Å². The fourth-order valence-corrected chi connectivity index (χ4v) is 4.58. The van der Waals surface area contributed by atoms with Crippen molar-refractivity contribution in [3.63, 3.8) is 0 Å². The van der Waals surface area contributed by atoms with Gasteiger partial charge in [-0.1, -0.05) is 70.9 Å². The molecule has 1 unspecified atom stereocenters. The largest absolute Gasteiger partial charge is 0.330 e. The van der Waals surface area contributed by atoms with Crippen LogP contribution in [-0.2, 0) is 0 Å². The molecule has 194 valence electrons. The topological polar surface area (TPSA) is 104 Å². The number of fused-ring (bicyclic) bond motifs is 1. The number of aromatic nitrogens is 2. The Labute approximate surface area is 214 Å². The van der Waals surface area contributed by atoms with Gasteiger partial charge in [0.25, 0.3) is 5.56 Å². The molecule has 3 rings (SSSR count). The first kappa shape index (κ1) is 27.4. The third-order valence-electron chi connectivity index (χ3n) is 6.71. The number of rotatable bonds is 11. The number of hydrogen-bond acceptors (Lipinski definition) is 4. The van der Waals surface area contributed by atoms with Crippen molar-refractivity contribution < 1.29 is 4.79 Å². The second-order valence-electron chi connectivity index (χ2n) is 10.1. The predicted molar refractivity (Wildman–Crippen MR) is 149 cm³/mol. The van der Waals surface area contributed by atoms with E-state index in [0.717, 1.165) is 42.5 Å². The third-order valence-corrected chi connectivity index (χ3v) is 6.71. The lowest BCUT2D eigenvalue weighted by Gasteiger charge is -2.30. The number of unbranched alkanes of at least 4 members (excludes halogenated alkanes) is 3. The van der Waals surface area contributed by atoms with Gasteiger partial charge in [0, 0.05) is 12.2 Å². The number of aromatic amines is 1. The maximum absolute atomic E-state index is 13.8. The van der Waals surface area contributed by atoms with Crippen molar-refractivity contribution in [2.75, 3.05) is 18.4 Å². The summed E-state index contributed by atoms with van der Waals surface area (Å²) in [5, 5.41) is 3.78. The van der Waals surface area contributed by atoms with Crippen molar-refractivity contribution in [3.05, 3.63) is 69.8 Å². The van der Waals surface area contributed by atoms with Gasteiger partial charge < -0.3 is 20.9 Å². The first-order valence-electron chi connectivity index (χ1n) is 13.1. The molecule has 7 heteroatoms. The van der Waals surface area contributed by atoms with Crippen LogP contribution in [0.1, 0.15) is 95.1 Å². The van der Waals surface area contributed by atoms with E-state index in [4.69, 9.17) is 10.7 Å². The summed E-state index contributed by atoms with van der Waals surface area (Å²) in [5.41, 5.74) is 9.19. The predicted octanol–water partition coefficient (Wildman–Crippen LogP) is 6.28. The minimum Gasteiger partial charge on any atom is -0.330 e. The Hall–Kier alpha value is -3.19. The lowest BCUT2D eigenvalue weighted by molar-refractivity contribution is 0.188. The average molecular weight is 492 g/mol. The number of carbonyl (C=O) groups excluding carboxylic acids is 1. The summed E-state index contributed by atoms with van der Waals surface area (Å²) in [4.78, 5) is 36.0. The van der Waals surface area contributed by atoms with Crippen LogP contribution in [0.3, 0.4) is 0 Å². The molecule has 0 bridgehead atoms. The molecule has 1 atom stereocenters. The number of urea groups is 1. The van der Waals surface area contributed by atoms with Gasteiger partial charge in [0.15, 0.2) is 0 Å². The van der Waals surface area contributed by atoms with Gasteiger partial charge in [0.2, 0.25) is 0 Å². The Morgan fingerprint density at radius 3 is 2.22 bits per heavy atom. The summed E-state index contributed by atoms with van der Waals surface area (Å²) in [6.07, 6.45) is 3.83. The van der Waals surface area contributed by atoms with Crippen LogP contribution < -0.4 is 16.6 Å². The van der Waals surface area contributed by atoms with E-state index in [-0.39, 0.29) is 23.4 Å². The van der Waals surface area contributed by atoms with Gasteiger partial charge in [-0.3, -0.25) is 4.79 Å². The van der Waals surface area contributed by atoms with Crippen LogP contribution in [0.5, 0.6) is 0 Å². The molecule has 1 aromatic heterocycles. The number of nitrogens with zero attached hydrogens (tertiary/aromatic N) is 2. The summed E-state index contributed by atoms with van der Waals surface area (Å²) in [7, 11) is 0. The zero-order valence-corrected chi connectivity index (χ0v) is 22.3. The number of carbonyl (C=O) groups is 1. The maximum Gasteiger partial charge on any atom is 0.322 e. The number of benzene rings is 2. The number of amides is 2. The first-order valence-corrected chi connectivity index (χ1v) is 13.1. The minimum absolute atomic E-state index is 0.188. The highest BCUT2D eigenvalue weighted by atomic mass is 16.2. The van der Waals surface area contributed by atoms with E-state index in [1.807, 2.05) is 25.1 Å². The Morgan fingerprint density at radius 1 is 0.944 bits per heavy atom. The van der Waals surface area contributed by atoms with E-state index >= 15 is 0 Å². The molecule has 0 aliphatic rings. The summed E-state index contributed by atoms with van der Waals surface area (Å²) >= 11 is 0. The lowest BCUT2D eigenvalue weighted by atomic mass is 9.92. The zero-order chi connectivity index (χ0) is 26.2. The van der Waals surface area contributed by atoms with Crippen LogP contribution in [0.4, 0.5) is 10.5 Å². The second-order valence-corrected chi connectivity index (χ2v) is 10.1. The monoisotopic (exact) mass is 491 g/mol. The van der Waals surface area contributed by atoms with Crippen LogP contribution in [0, 0.1) is 0 Å². The molecule has 0 spiro atoms. The van der Waals surface area contributed by atoms with Crippen molar-refractivity contribution in [1.29, 1.82) is 0 Å². The first-order chi connectivity index (χ1) is 17.2. The van der Waals surface area contributed by atoms with Crippen LogP contribution in [0.2, 0.25) is 0 Å². The van der Waals surface area contributed by atoms with E-state index in [1.165, 1.54) is 0 Å². The van der Waals surface area contributed by atoms with Gasteiger partial charge in [0.05, 0.1) is 16.9 Å². The Morgan fingerprint density at radius 2 is 1.58 bits per heavy atom. The van der Waals surface area contributed by atoms with E-state index in [2.05, 4.69) is 56.2 Å². The fourth-order valence-electron chi connectivity index (χ4n) is 4.58. The van der Waals surface area contributed by atoms with Gasteiger partial charge in [-0.05, 0) is 61.4 Å². The number of para-hydroxylation sites is 2. The Bertz CT molecular complexity index is 1190. The molecule has 2 aromatic carbocycles. The molecule has 0 saturated carbocycles. The van der Waals surface area contributed by atoms with Crippen molar-refractivity contribution in [1.82, 2.24) is 14.9 Å². The molecule has 0 aliphatic carbocycles. The molecular weight excluding hydrogens is 450 g/mol. The normalized spacial score (nSPS) is 12.3. The number of nitrogens with two attached hydrogens (primary N) is 1. The van der Waals surface area contributed by atoms with Gasteiger partial charge in [-0.25, -0.2) is 9.78 Å². The Balaban J connectivity index is 1.95. The van der Waals surface area contributed by atoms with E-state index in [9.17, 15) is 9.59 Å². The second kappa shape index (κ2) is 12.7. The number of hydrogen-bond donors (Lipinski definition) is 3. The number of nitrogens with one attached hydrogen (secondary N) is 2. The summed E-state index contributed by atoms with van der Waals surface area (Å²) < 4.78 is 0. The molecule has 1 heterocycles. The van der Waals surface area contributed by atoms with E-state index in [0.29, 0.717) is 29.8 Å². The van der Waals surface area contributed by atoms with Crippen LogP contribution >= 0.6 is 0 Å². The van der Waals surface area contributed by atoms with Crippen molar-refractivity contribution in [2.45, 2.75) is 78.2 Å². The van der Waals surface area contributed by atoms with Crippen LogP contribution in [0.15, 0.2) is 47.3 Å². The molecule has 3 aromatic rings. The van der Waals surface area contributed by atoms with Crippen molar-refractivity contribution in [2.24, 2.45) is 5.73 Å². The highest BCUT2D eigenvalue weighted by Gasteiger charge is 2.26. The molecule has 0 aliphatic heterocycles. The highest BCUT2D eigenvalue weighted by molar-refractivity contribution is 5.91. The summed E-state index contributed by atoms with van der Waals surface area (Å²) in [5.74, 6) is 1.01. The smallest absolute Gasteiger partial charge is 0.322 e. The molecule has 7 nitrogen and oxygen atoms in total.